The summed E-state index contributed by atoms with van der Waals surface area (Å²) in [7, 11) is 0. The largest absolute Gasteiger partial charge is 0.447 e. The molecule has 4 heteroatoms. The van der Waals surface area contributed by atoms with Crippen molar-refractivity contribution in [2.24, 2.45) is 0 Å². The Morgan fingerprint density at radius 2 is 2.55 bits per heavy atom. The Labute approximate surface area is 65.8 Å². The average molecular weight is 159 g/mol. The van der Waals surface area contributed by atoms with Gasteiger partial charge in [0.2, 0.25) is 0 Å². The highest BCUT2D eigenvalue weighted by Crippen LogP contribution is 2.11. The number of aliphatic hydroxyl groups excluding tert-OH is 1. The first-order valence-electron chi connectivity index (χ1n) is 3.72. The monoisotopic (exact) mass is 159 g/mol. The van der Waals surface area contributed by atoms with Crippen LogP contribution in [0.15, 0.2) is 0 Å². The zero-order valence-electron chi connectivity index (χ0n) is 6.78. The maximum absolute atomic E-state index is 10.9. The van der Waals surface area contributed by atoms with Crippen LogP contribution < -0.4 is 0 Å². The van der Waals surface area contributed by atoms with E-state index in [1.807, 2.05) is 6.92 Å². The first-order chi connectivity index (χ1) is 5.11. The molecule has 0 spiro atoms. The third-order valence-corrected chi connectivity index (χ3v) is 1.68. The summed E-state index contributed by atoms with van der Waals surface area (Å²) in [5.74, 6) is 0. The molecule has 0 radical (unpaired) electrons. The molecule has 2 unspecified atom stereocenters. The number of rotatable bonds is 2. The van der Waals surface area contributed by atoms with Gasteiger partial charge in [-0.2, -0.15) is 0 Å². The van der Waals surface area contributed by atoms with Gasteiger partial charge in [-0.05, 0) is 13.8 Å². The van der Waals surface area contributed by atoms with E-state index in [4.69, 9.17) is 9.84 Å². The summed E-state index contributed by atoms with van der Waals surface area (Å²) in [5.41, 5.74) is 0. The van der Waals surface area contributed by atoms with Crippen LogP contribution in [0.25, 0.3) is 0 Å². The standard InChI is InChI=1S/C7H13NO3/c1-5-4-11-7(10)8(5)3-6(2)9/h5-6,9H,3-4H2,1-2H3. The Balaban J connectivity index is 2.48. The lowest BCUT2D eigenvalue weighted by atomic mass is 10.3. The van der Waals surface area contributed by atoms with Gasteiger partial charge in [0, 0.05) is 0 Å². The highest BCUT2D eigenvalue weighted by Gasteiger charge is 2.29. The van der Waals surface area contributed by atoms with Crippen LogP contribution in [0.5, 0.6) is 0 Å². The van der Waals surface area contributed by atoms with Crippen molar-refractivity contribution in [3.05, 3.63) is 0 Å². The van der Waals surface area contributed by atoms with E-state index in [1.165, 1.54) is 4.90 Å². The minimum atomic E-state index is -0.483. The topological polar surface area (TPSA) is 49.8 Å². The first-order valence-corrected chi connectivity index (χ1v) is 3.72. The number of aliphatic hydroxyl groups is 1. The predicted octanol–water partition coefficient (Wildman–Crippen LogP) is 0.208. The number of β-amino-alcohol motifs (C(OH)–C–C–N with tert-alkyl or cyclic N) is 1. The molecule has 2 atom stereocenters. The lowest BCUT2D eigenvalue weighted by molar-refractivity contribution is 0.121. The molecule has 1 fully saturated rings. The lowest BCUT2D eigenvalue weighted by Crippen LogP contribution is -2.36. The Bertz CT molecular complexity index is 158. The van der Waals surface area contributed by atoms with Crippen molar-refractivity contribution in [2.45, 2.75) is 26.0 Å². The summed E-state index contributed by atoms with van der Waals surface area (Å²) < 4.78 is 4.75. The minimum absolute atomic E-state index is 0.0945. The second kappa shape index (κ2) is 3.09. The van der Waals surface area contributed by atoms with E-state index in [-0.39, 0.29) is 12.1 Å². The van der Waals surface area contributed by atoms with Crippen LogP contribution in [-0.4, -0.2) is 41.4 Å². The van der Waals surface area contributed by atoms with Gasteiger partial charge in [0.05, 0.1) is 18.7 Å². The highest BCUT2D eigenvalue weighted by molar-refractivity contribution is 5.69. The van der Waals surface area contributed by atoms with Crippen LogP contribution in [0.2, 0.25) is 0 Å². The van der Waals surface area contributed by atoms with E-state index in [0.717, 1.165) is 0 Å². The molecule has 0 bridgehead atoms. The second-order valence-corrected chi connectivity index (χ2v) is 2.93. The molecule has 1 aliphatic heterocycles. The van der Waals surface area contributed by atoms with Crippen molar-refractivity contribution in [1.29, 1.82) is 0 Å². The second-order valence-electron chi connectivity index (χ2n) is 2.93. The molecular formula is C7H13NO3. The maximum atomic E-state index is 10.9. The van der Waals surface area contributed by atoms with Crippen molar-refractivity contribution in [1.82, 2.24) is 4.90 Å². The van der Waals surface area contributed by atoms with E-state index >= 15 is 0 Å². The Morgan fingerprint density at radius 3 is 2.91 bits per heavy atom. The van der Waals surface area contributed by atoms with Crippen molar-refractivity contribution < 1.29 is 14.6 Å². The average Bonchev–Trinajstić information content (AvgIpc) is 2.18. The van der Waals surface area contributed by atoms with Crippen LogP contribution in [-0.2, 0) is 4.74 Å². The van der Waals surface area contributed by atoms with Gasteiger partial charge >= 0.3 is 6.09 Å². The molecule has 1 saturated heterocycles. The number of hydrogen-bond acceptors (Lipinski definition) is 3. The molecule has 0 saturated carbocycles. The number of nitrogens with zero attached hydrogens (tertiary/aromatic N) is 1. The molecule has 1 amide bonds. The Hall–Kier alpha value is -0.770. The van der Waals surface area contributed by atoms with Crippen molar-refractivity contribution in [3.63, 3.8) is 0 Å². The molecule has 0 aromatic rings. The Kier molecular flexibility index (Phi) is 2.34. The van der Waals surface area contributed by atoms with E-state index in [1.54, 1.807) is 6.92 Å². The van der Waals surface area contributed by atoms with Gasteiger partial charge in [-0.3, -0.25) is 4.90 Å². The number of cyclic esters (lactones) is 1. The number of carbonyl (C=O) groups is 1. The highest BCUT2D eigenvalue weighted by atomic mass is 16.6. The Morgan fingerprint density at radius 1 is 1.91 bits per heavy atom. The molecule has 1 rings (SSSR count). The van der Waals surface area contributed by atoms with Crippen molar-refractivity contribution in [2.75, 3.05) is 13.2 Å². The van der Waals surface area contributed by atoms with Gasteiger partial charge in [0.15, 0.2) is 0 Å². The van der Waals surface area contributed by atoms with Crippen LogP contribution >= 0.6 is 0 Å². The zero-order chi connectivity index (χ0) is 8.43. The first kappa shape index (κ1) is 8.33. The zero-order valence-corrected chi connectivity index (χ0v) is 6.78. The summed E-state index contributed by atoms with van der Waals surface area (Å²) in [5, 5.41) is 9.00. The van der Waals surface area contributed by atoms with E-state index in [9.17, 15) is 4.79 Å². The summed E-state index contributed by atoms with van der Waals surface area (Å²) in [6.45, 7) is 4.34. The third-order valence-electron chi connectivity index (χ3n) is 1.68. The van der Waals surface area contributed by atoms with E-state index in [0.29, 0.717) is 13.2 Å². The number of carbonyl (C=O) groups excluding carboxylic acids is 1. The van der Waals surface area contributed by atoms with Gasteiger partial charge in [0.25, 0.3) is 0 Å². The quantitative estimate of drug-likeness (QED) is 0.626. The van der Waals surface area contributed by atoms with Crippen molar-refractivity contribution in [3.8, 4) is 0 Å². The smallest absolute Gasteiger partial charge is 0.410 e. The van der Waals surface area contributed by atoms with Crippen LogP contribution in [0.1, 0.15) is 13.8 Å². The van der Waals surface area contributed by atoms with E-state index < -0.39 is 6.10 Å². The summed E-state index contributed by atoms with van der Waals surface area (Å²) in [4.78, 5) is 12.4. The summed E-state index contributed by atoms with van der Waals surface area (Å²) in [6, 6.07) is 0.0945. The van der Waals surface area contributed by atoms with Crippen LogP contribution in [0, 0.1) is 0 Å². The van der Waals surface area contributed by atoms with Crippen LogP contribution in [0.4, 0.5) is 4.79 Å². The molecule has 1 aliphatic rings. The molecular weight excluding hydrogens is 146 g/mol. The molecule has 0 aliphatic carbocycles. The van der Waals surface area contributed by atoms with Gasteiger partial charge < -0.3 is 9.84 Å². The minimum Gasteiger partial charge on any atom is -0.447 e. The summed E-state index contributed by atoms with van der Waals surface area (Å²) in [6.07, 6.45) is -0.804. The van der Waals surface area contributed by atoms with Gasteiger partial charge in [-0.1, -0.05) is 0 Å². The van der Waals surface area contributed by atoms with Crippen LogP contribution in [0.3, 0.4) is 0 Å². The molecule has 11 heavy (non-hydrogen) atoms. The fourth-order valence-corrected chi connectivity index (χ4v) is 1.08. The lowest BCUT2D eigenvalue weighted by Gasteiger charge is -2.18. The fourth-order valence-electron chi connectivity index (χ4n) is 1.08. The molecule has 0 aromatic heterocycles. The predicted molar refractivity (Wildman–Crippen MR) is 39.2 cm³/mol. The summed E-state index contributed by atoms with van der Waals surface area (Å²) >= 11 is 0. The van der Waals surface area contributed by atoms with Gasteiger partial charge in [-0.25, -0.2) is 4.79 Å². The number of ether oxygens (including phenoxy) is 1. The van der Waals surface area contributed by atoms with Crippen molar-refractivity contribution >= 4 is 6.09 Å². The number of amides is 1. The molecule has 64 valence electrons. The van der Waals surface area contributed by atoms with Gasteiger partial charge in [-0.15, -0.1) is 0 Å². The molecule has 4 nitrogen and oxygen atoms in total. The SMILES string of the molecule is CC(O)CN1C(=O)OCC1C. The third kappa shape index (κ3) is 1.83. The molecule has 1 heterocycles. The van der Waals surface area contributed by atoms with Gasteiger partial charge in [0.1, 0.15) is 6.61 Å². The molecule has 1 N–H and O–H groups in total. The number of hydrogen-bond donors (Lipinski definition) is 1. The normalized spacial score (nSPS) is 27.0. The van der Waals surface area contributed by atoms with E-state index in [2.05, 4.69) is 0 Å². The molecule has 0 aromatic carbocycles. The fraction of sp³-hybridized carbons (Fsp3) is 0.857. The maximum Gasteiger partial charge on any atom is 0.410 e.